The first kappa shape index (κ1) is 33.7. The molecule has 0 nitrogen and oxygen atoms in total. The van der Waals surface area contributed by atoms with E-state index in [0.717, 1.165) is 0 Å². The first-order chi connectivity index (χ1) is 30.7. The lowest BCUT2D eigenvalue weighted by Crippen LogP contribution is -1.94. The van der Waals surface area contributed by atoms with Gasteiger partial charge in [-0.3, -0.25) is 0 Å². The molecular weight excluding hydrogens is 745 g/mol. The summed E-state index contributed by atoms with van der Waals surface area (Å²) in [7, 11) is 0. The van der Waals surface area contributed by atoms with Crippen LogP contribution in [0.5, 0.6) is 0 Å². The topological polar surface area (TPSA) is 0 Å². The minimum Gasteiger partial charge on any atom is -0.0616 e. The maximum atomic E-state index is 2.46. The van der Waals surface area contributed by atoms with Gasteiger partial charge in [0.1, 0.15) is 0 Å². The predicted molar refractivity (Wildman–Crippen MR) is 268 cm³/mol. The second-order valence-electron chi connectivity index (χ2n) is 17.3. The van der Waals surface area contributed by atoms with Crippen molar-refractivity contribution in [2.75, 3.05) is 0 Å². The van der Waals surface area contributed by atoms with Gasteiger partial charge in [-0.1, -0.05) is 146 Å². The molecule has 0 spiro atoms. The van der Waals surface area contributed by atoms with Crippen LogP contribution in [-0.4, -0.2) is 0 Å². The normalized spacial score (nSPS) is 12.2. The minimum atomic E-state index is 1.24. The molecule has 0 radical (unpaired) electrons. The van der Waals surface area contributed by atoms with Gasteiger partial charge in [0.15, 0.2) is 0 Å². The molecular formula is C62H36. The number of benzene rings is 12. The molecule has 14 aromatic carbocycles. The number of hydrogen-bond acceptors (Lipinski definition) is 0. The lowest BCUT2D eigenvalue weighted by molar-refractivity contribution is 1.64. The number of hydrogen-bond donors (Lipinski definition) is 0. The zero-order valence-corrected chi connectivity index (χ0v) is 33.8. The van der Waals surface area contributed by atoms with Crippen LogP contribution in [0.25, 0.3) is 141 Å². The van der Waals surface area contributed by atoms with Crippen LogP contribution in [0.2, 0.25) is 0 Å². The Hall–Kier alpha value is -8.06. The van der Waals surface area contributed by atoms with Crippen molar-refractivity contribution in [1.29, 1.82) is 0 Å². The van der Waals surface area contributed by atoms with Gasteiger partial charge in [-0.2, -0.15) is 0 Å². The Morgan fingerprint density at radius 2 is 0.355 bits per heavy atom. The van der Waals surface area contributed by atoms with Crippen molar-refractivity contribution in [2.45, 2.75) is 0 Å². The fourth-order valence-electron chi connectivity index (χ4n) is 10.6. The lowest BCUT2D eigenvalue weighted by atomic mass is 9.82. The molecule has 14 rings (SSSR count). The number of rotatable bonds is 4. The third kappa shape index (κ3) is 5.01. The molecule has 0 aromatic heterocycles. The summed E-state index contributed by atoms with van der Waals surface area (Å²) in [5.41, 5.74) is 10.0. The fourth-order valence-corrected chi connectivity index (χ4v) is 10.6. The second-order valence-corrected chi connectivity index (χ2v) is 17.3. The summed E-state index contributed by atoms with van der Waals surface area (Å²) in [4.78, 5) is 0. The van der Waals surface area contributed by atoms with Gasteiger partial charge in [0, 0.05) is 0 Å². The van der Waals surface area contributed by atoms with Crippen molar-refractivity contribution < 1.29 is 0 Å². The average Bonchev–Trinajstić information content (AvgIpc) is 3.33. The highest BCUT2D eigenvalue weighted by atomic mass is 14.2. The Morgan fingerprint density at radius 1 is 0.145 bits per heavy atom. The molecule has 0 saturated heterocycles. The first-order valence-corrected chi connectivity index (χ1v) is 21.6. The van der Waals surface area contributed by atoms with Gasteiger partial charge in [-0.05, 0) is 214 Å². The van der Waals surface area contributed by atoms with Crippen molar-refractivity contribution in [1.82, 2.24) is 0 Å². The zero-order valence-electron chi connectivity index (χ0n) is 33.8. The van der Waals surface area contributed by atoms with Crippen LogP contribution < -0.4 is 0 Å². The highest BCUT2D eigenvalue weighted by Gasteiger charge is 2.21. The molecule has 0 heteroatoms. The second kappa shape index (κ2) is 12.7. The van der Waals surface area contributed by atoms with Crippen LogP contribution in [0, 0.1) is 0 Å². The maximum Gasteiger partial charge on any atom is -0.00921 e. The SMILES string of the molecule is c1ccc2cc(-c3cc4c(cc3-c3ccc5ccccc5c3)c3cc5cc6c7cc(-c8ccc9ccccc9c8)c(-c8ccc9ccccc9c8)cc7c6cc5cc43)ccc2c1. The fraction of sp³-hybridized carbons (Fsp3) is 0. The van der Waals surface area contributed by atoms with E-state index < -0.39 is 0 Å². The quantitative estimate of drug-likeness (QED) is 0.167. The van der Waals surface area contributed by atoms with E-state index in [9.17, 15) is 0 Å². The molecule has 0 fully saturated rings. The molecule has 0 heterocycles. The van der Waals surface area contributed by atoms with Gasteiger partial charge in [-0.25, -0.2) is 0 Å². The average molecular weight is 781 g/mol. The number of fused-ring (bicyclic) bond motifs is 13. The Morgan fingerprint density at radius 3 is 0.597 bits per heavy atom. The third-order valence-corrected chi connectivity index (χ3v) is 13.8. The Kier molecular flexibility index (Phi) is 6.92. The summed E-state index contributed by atoms with van der Waals surface area (Å²) < 4.78 is 0. The van der Waals surface area contributed by atoms with Gasteiger partial charge < -0.3 is 0 Å². The van der Waals surface area contributed by atoms with Gasteiger partial charge in [0.25, 0.3) is 0 Å². The van der Waals surface area contributed by atoms with E-state index >= 15 is 0 Å². The van der Waals surface area contributed by atoms with Crippen molar-refractivity contribution in [2.24, 2.45) is 0 Å². The molecule has 0 N–H and O–H groups in total. The Balaban J connectivity index is 0.971. The summed E-state index contributed by atoms with van der Waals surface area (Å²) in [6.07, 6.45) is 0. The Bertz CT molecular complexity index is 3610. The van der Waals surface area contributed by atoms with Crippen LogP contribution >= 0.6 is 0 Å². The van der Waals surface area contributed by atoms with Crippen molar-refractivity contribution in [3.05, 3.63) is 218 Å². The largest absolute Gasteiger partial charge is 0.0616 e. The van der Waals surface area contributed by atoms with Crippen molar-refractivity contribution >= 4 is 97.0 Å². The molecule has 284 valence electrons. The first-order valence-electron chi connectivity index (χ1n) is 21.6. The van der Waals surface area contributed by atoms with Gasteiger partial charge in [0.2, 0.25) is 0 Å². The Labute approximate surface area is 358 Å². The third-order valence-electron chi connectivity index (χ3n) is 13.8. The van der Waals surface area contributed by atoms with Crippen LogP contribution in [0.3, 0.4) is 0 Å². The van der Waals surface area contributed by atoms with Gasteiger partial charge >= 0.3 is 0 Å². The smallest absolute Gasteiger partial charge is 0.00921 e. The molecule has 0 aliphatic carbocycles. The van der Waals surface area contributed by atoms with Gasteiger partial charge in [0.05, 0.1) is 0 Å². The monoisotopic (exact) mass is 780 g/mol. The van der Waals surface area contributed by atoms with E-state index in [4.69, 9.17) is 0 Å². The van der Waals surface area contributed by atoms with E-state index in [1.54, 1.807) is 0 Å². The summed E-state index contributed by atoms with van der Waals surface area (Å²) >= 11 is 0. The van der Waals surface area contributed by atoms with E-state index in [1.807, 2.05) is 0 Å². The predicted octanol–water partition coefficient (Wildman–Crippen LogP) is 17.6. The minimum absolute atomic E-state index is 1.24. The summed E-state index contributed by atoms with van der Waals surface area (Å²) in [6, 6.07) is 82.0. The molecule has 0 aliphatic rings. The van der Waals surface area contributed by atoms with E-state index in [1.165, 1.54) is 141 Å². The van der Waals surface area contributed by atoms with Crippen molar-refractivity contribution in [3.8, 4) is 44.5 Å². The molecule has 0 unspecified atom stereocenters. The summed E-state index contributed by atoms with van der Waals surface area (Å²) in [5, 5.41) is 23.3. The van der Waals surface area contributed by atoms with Crippen molar-refractivity contribution in [3.63, 3.8) is 0 Å². The molecule has 0 bridgehead atoms. The van der Waals surface area contributed by atoms with Crippen LogP contribution in [0.15, 0.2) is 218 Å². The maximum absolute atomic E-state index is 2.46. The summed E-state index contributed by atoms with van der Waals surface area (Å²) in [6.45, 7) is 0. The van der Waals surface area contributed by atoms with Crippen LogP contribution in [0.4, 0.5) is 0 Å². The lowest BCUT2D eigenvalue weighted by Gasteiger charge is -2.21. The molecule has 0 aliphatic heterocycles. The molecule has 0 saturated carbocycles. The summed E-state index contributed by atoms with van der Waals surface area (Å²) in [5.74, 6) is 0. The standard InChI is InChI=1S/C62H36/c1-5-13-41-25-45(21-17-37(41)9-1)51-33-59-55-29-49-31-57-58(32-50(49)30-56(55)60(59)34-52(51)46-22-18-38-10-2-6-14-42(38)26-46)62-36-54(48-24-20-40-12-4-8-16-44(40)28-48)53(35-61(57)62)47-23-19-39-11-3-7-15-43(39)27-47/h1-36H. The van der Waals surface area contributed by atoms with Gasteiger partial charge in [-0.15, -0.1) is 0 Å². The highest BCUT2D eigenvalue weighted by Crippen LogP contribution is 2.48. The molecule has 14 aromatic rings. The van der Waals surface area contributed by atoms with E-state index in [-0.39, 0.29) is 0 Å². The van der Waals surface area contributed by atoms with E-state index in [0.29, 0.717) is 0 Å². The zero-order chi connectivity index (χ0) is 40.5. The molecule has 0 atom stereocenters. The molecule has 0 amide bonds. The van der Waals surface area contributed by atoms with Crippen LogP contribution in [0.1, 0.15) is 0 Å². The van der Waals surface area contributed by atoms with E-state index in [2.05, 4.69) is 218 Å². The molecule has 62 heavy (non-hydrogen) atoms. The highest BCUT2D eigenvalue weighted by molar-refractivity contribution is 6.33. The van der Waals surface area contributed by atoms with Crippen LogP contribution in [-0.2, 0) is 0 Å².